The summed E-state index contributed by atoms with van der Waals surface area (Å²) in [4.78, 5) is 12.4. The number of rotatable bonds is 7. The fourth-order valence-electron chi connectivity index (χ4n) is 2.73. The van der Waals surface area contributed by atoms with Crippen molar-refractivity contribution < 1.29 is 14.3 Å². The number of aryl methyl sites for hydroxylation is 1. The number of benzene rings is 3. The molecule has 0 aliphatic carbocycles. The van der Waals surface area contributed by atoms with Crippen LogP contribution in [0, 0.1) is 10.5 Å². The molecule has 0 spiro atoms. The van der Waals surface area contributed by atoms with Crippen molar-refractivity contribution in [2.24, 2.45) is 0 Å². The summed E-state index contributed by atoms with van der Waals surface area (Å²) in [5, 5.41) is 0.663. The molecule has 3 rings (SSSR count). The molecule has 0 bridgehead atoms. The fraction of sp³-hybridized carbons (Fsp3) is 0.125. The van der Waals surface area contributed by atoms with E-state index in [1.807, 2.05) is 67.6 Å². The quantitative estimate of drug-likeness (QED) is 0.197. The maximum Gasteiger partial charge on any atom is 0.185 e. The molecule has 148 valence electrons. The highest BCUT2D eigenvalue weighted by molar-refractivity contribution is 14.1. The lowest BCUT2D eigenvalue weighted by Crippen LogP contribution is -2.01. The zero-order chi connectivity index (χ0) is 20.8. The van der Waals surface area contributed by atoms with E-state index < -0.39 is 0 Å². The van der Waals surface area contributed by atoms with Crippen molar-refractivity contribution in [1.82, 2.24) is 0 Å². The second-order valence-electron chi connectivity index (χ2n) is 6.48. The third-order valence-corrected chi connectivity index (χ3v) is 5.51. The van der Waals surface area contributed by atoms with Crippen LogP contribution < -0.4 is 9.47 Å². The van der Waals surface area contributed by atoms with Crippen molar-refractivity contribution in [3.63, 3.8) is 0 Å². The van der Waals surface area contributed by atoms with Crippen LogP contribution in [0.5, 0.6) is 11.5 Å². The van der Waals surface area contributed by atoms with Gasteiger partial charge in [-0.15, -0.1) is 0 Å². The Bertz CT molecular complexity index is 1040. The number of ether oxygens (including phenoxy) is 2. The molecule has 0 aliphatic heterocycles. The van der Waals surface area contributed by atoms with Crippen molar-refractivity contribution in [3.05, 3.63) is 97.6 Å². The Kier molecular flexibility index (Phi) is 7.34. The summed E-state index contributed by atoms with van der Waals surface area (Å²) in [7, 11) is 1.60. The zero-order valence-electron chi connectivity index (χ0n) is 16.1. The number of halogens is 2. The van der Waals surface area contributed by atoms with Crippen LogP contribution in [0.15, 0.2) is 66.7 Å². The standard InChI is InChI=1S/C24H20ClIO3/c1-16-7-10-18(11-8-16)22(27)12-9-17-13-21(26)24(23(14-17)28-2)29-15-19-5-3-4-6-20(19)25/h3-14H,15H2,1-2H3/b12-9+. The zero-order valence-corrected chi connectivity index (χ0v) is 19.0. The van der Waals surface area contributed by atoms with Crippen molar-refractivity contribution >= 4 is 46.1 Å². The molecule has 0 unspecified atom stereocenters. The lowest BCUT2D eigenvalue weighted by Gasteiger charge is -2.14. The monoisotopic (exact) mass is 518 g/mol. The number of hydrogen-bond acceptors (Lipinski definition) is 3. The third kappa shape index (κ3) is 5.61. The van der Waals surface area contributed by atoms with Gasteiger partial charge in [-0.1, -0.05) is 65.7 Å². The highest BCUT2D eigenvalue weighted by Gasteiger charge is 2.12. The van der Waals surface area contributed by atoms with Gasteiger partial charge in [-0.3, -0.25) is 4.79 Å². The van der Waals surface area contributed by atoms with E-state index in [-0.39, 0.29) is 5.78 Å². The number of carbonyl (C=O) groups excluding carboxylic acids is 1. The maximum absolute atomic E-state index is 12.4. The van der Waals surface area contributed by atoms with Gasteiger partial charge in [0.15, 0.2) is 17.3 Å². The molecule has 0 aromatic heterocycles. The summed E-state index contributed by atoms with van der Waals surface area (Å²) in [5.74, 6) is 1.21. The van der Waals surface area contributed by atoms with E-state index in [0.717, 1.165) is 20.3 Å². The average Bonchev–Trinajstić information content (AvgIpc) is 2.72. The number of carbonyl (C=O) groups is 1. The first kappa shape index (κ1) is 21.4. The Hall–Kier alpha value is -2.31. The number of methoxy groups -OCH3 is 1. The van der Waals surface area contributed by atoms with Gasteiger partial charge >= 0.3 is 0 Å². The van der Waals surface area contributed by atoms with Crippen LogP contribution in [0.25, 0.3) is 6.08 Å². The summed E-state index contributed by atoms with van der Waals surface area (Å²) in [6.07, 6.45) is 3.35. The van der Waals surface area contributed by atoms with E-state index in [9.17, 15) is 4.79 Å². The summed E-state index contributed by atoms with van der Waals surface area (Å²) >= 11 is 8.41. The number of hydrogen-bond donors (Lipinski definition) is 0. The van der Waals surface area contributed by atoms with Crippen molar-refractivity contribution in [2.45, 2.75) is 13.5 Å². The van der Waals surface area contributed by atoms with E-state index in [4.69, 9.17) is 21.1 Å². The minimum absolute atomic E-state index is 0.0435. The van der Waals surface area contributed by atoms with Gasteiger partial charge in [0.05, 0.1) is 10.7 Å². The van der Waals surface area contributed by atoms with Gasteiger partial charge < -0.3 is 9.47 Å². The molecule has 0 atom stereocenters. The van der Waals surface area contributed by atoms with Gasteiger partial charge in [0.2, 0.25) is 0 Å². The second-order valence-corrected chi connectivity index (χ2v) is 8.05. The molecule has 0 heterocycles. The van der Waals surface area contributed by atoms with Crippen LogP contribution in [0.2, 0.25) is 5.02 Å². The Morgan fingerprint density at radius 3 is 2.52 bits per heavy atom. The van der Waals surface area contributed by atoms with Gasteiger partial charge in [0, 0.05) is 16.1 Å². The lowest BCUT2D eigenvalue weighted by molar-refractivity contribution is 0.104. The average molecular weight is 519 g/mol. The summed E-state index contributed by atoms with van der Waals surface area (Å²) in [5.41, 5.74) is 3.54. The van der Waals surface area contributed by atoms with Crippen molar-refractivity contribution in [3.8, 4) is 11.5 Å². The van der Waals surface area contributed by atoms with E-state index in [1.165, 1.54) is 0 Å². The van der Waals surface area contributed by atoms with Crippen LogP contribution in [0.3, 0.4) is 0 Å². The van der Waals surface area contributed by atoms with E-state index in [0.29, 0.717) is 28.7 Å². The summed E-state index contributed by atoms with van der Waals surface area (Å²) < 4.78 is 12.4. The van der Waals surface area contributed by atoms with Crippen LogP contribution in [-0.4, -0.2) is 12.9 Å². The Morgan fingerprint density at radius 1 is 1.10 bits per heavy atom. The van der Waals surface area contributed by atoms with E-state index in [1.54, 1.807) is 19.3 Å². The molecule has 0 fully saturated rings. The first-order valence-corrected chi connectivity index (χ1v) is 10.5. The van der Waals surface area contributed by atoms with E-state index >= 15 is 0 Å². The molecule has 3 aromatic carbocycles. The largest absolute Gasteiger partial charge is 0.493 e. The molecule has 0 amide bonds. The Labute approximate surface area is 189 Å². The summed E-state index contributed by atoms with van der Waals surface area (Å²) in [6, 6.07) is 18.9. The maximum atomic E-state index is 12.4. The fourth-order valence-corrected chi connectivity index (χ4v) is 3.70. The molecular weight excluding hydrogens is 499 g/mol. The number of ketones is 1. The highest BCUT2D eigenvalue weighted by Crippen LogP contribution is 2.35. The molecule has 5 heteroatoms. The molecule has 0 saturated carbocycles. The predicted molar refractivity (Wildman–Crippen MR) is 126 cm³/mol. The van der Waals surface area contributed by atoms with Crippen LogP contribution in [-0.2, 0) is 6.61 Å². The van der Waals surface area contributed by atoms with Crippen LogP contribution in [0.4, 0.5) is 0 Å². The second kappa shape index (κ2) is 9.94. The highest BCUT2D eigenvalue weighted by atomic mass is 127. The Balaban J connectivity index is 1.78. The first-order chi connectivity index (χ1) is 14.0. The van der Waals surface area contributed by atoms with Crippen molar-refractivity contribution in [2.75, 3.05) is 7.11 Å². The normalized spacial score (nSPS) is 10.9. The first-order valence-electron chi connectivity index (χ1n) is 9.00. The molecular formula is C24H20ClIO3. The molecule has 3 nitrogen and oxygen atoms in total. The smallest absolute Gasteiger partial charge is 0.185 e. The van der Waals surface area contributed by atoms with E-state index in [2.05, 4.69) is 22.6 Å². The van der Waals surface area contributed by atoms with Gasteiger partial charge in [0.25, 0.3) is 0 Å². The molecule has 0 aliphatic rings. The van der Waals surface area contributed by atoms with Gasteiger partial charge in [-0.2, -0.15) is 0 Å². The minimum atomic E-state index is -0.0435. The predicted octanol–water partition coefficient (Wildman–Crippen LogP) is 6.74. The topological polar surface area (TPSA) is 35.5 Å². The number of allylic oxidation sites excluding steroid dienone is 1. The van der Waals surface area contributed by atoms with Gasteiger partial charge in [-0.05, 0) is 59.4 Å². The Morgan fingerprint density at radius 2 is 1.83 bits per heavy atom. The molecule has 0 N–H and O–H groups in total. The van der Waals surface area contributed by atoms with Crippen molar-refractivity contribution in [1.29, 1.82) is 0 Å². The van der Waals surface area contributed by atoms with Crippen LogP contribution in [0.1, 0.15) is 27.0 Å². The molecule has 3 aromatic rings. The minimum Gasteiger partial charge on any atom is -0.493 e. The summed E-state index contributed by atoms with van der Waals surface area (Å²) in [6.45, 7) is 2.33. The third-order valence-electron chi connectivity index (χ3n) is 4.34. The van der Waals surface area contributed by atoms with Gasteiger partial charge in [0.1, 0.15) is 6.61 Å². The van der Waals surface area contributed by atoms with Gasteiger partial charge in [-0.25, -0.2) is 0 Å². The molecule has 0 radical (unpaired) electrons. The lowest BCUT2D eigenvalue weighted by atomic mass is 10.1. The van der Waals surface area contributed by atoms with Crippen LogP contribution >= 0.6 is 34.2 Å². The molecule has 29 heavy (non-hydrogen) atoms. The molecule has 0 saturated heterocycles. The SMILES string of the molecule is COc1cc(/C=C/C(=O)c2ccc(C)cc2)cc(I)c1OCc1ccccc1Cl.